The maximum atomic E-state index is 11.2. The Hall–Kier alpha value is -3.08. The number of carbonyl (C=O) groups excluding carboxylic acids is 1. The molecule has 0 spiro atoms. The van der Waals surface area contributed by atoms with Crippen LogP contribution in [0.25, 0.3) is 11.3 Å². The lowest BCUT2D eigenvalue weighted by molar-refractivity contribution is -0.114. The summed E-state index contributed by atoms with van der Waals surface area (Å²) in [6, 6.07) is 14.4. The van der Waals surface area contributed by atoms with E-state index in [1.807, 2.05) is 35.9 Å². The van der Waals surface area contributed by atoms with E-state index in [0.29, 0.717) is 0 Å². The van der Waals surface area contributed by atoms with Crippen LogP contribution in [0.15, 0.2) is 42.5 Å². The number of aryl methyl sites for hydroxylation is 3. The van der Waals surface area contributed by atoms with Crippen molar-refractivity contribution in [3.8, 4) is 11.3 Å². The molecule has 1 aromatic heterocycles. The van der Waals surface area contributed by atoms with Crippen molar-refractivity contribution in [2.45, 2.75) is 33.9 Å². The average Bonchev–Trinajstić information content (AvgIpc) is 2.96. The molecule has 5 nitrogen and oxygen atoms in total. The van der Waals surface area contributed by atoms with E-state index in [0.717, 1.165) is 28.3 Å². The fraction of sp³-hybridized carbons (Fsp3) is 0.238. The van der Waals surface area contributed by atoms with Crippen LogP contribution in [-0.4, -0.2) is 15.7 Å². The van der Waals surface area contributed by atoms with Crippen molar-refractivity contribution < 1.29 is 4.79 Å². The molecular weight excluding hydrogens is 324 g/mol. The van der Waals surface area contributed by atoms with Crippen molar-refractivity contribution >= 4 is 17.3 Å². The van der Waals surface area contributed by atoms with E-state index < -0.39 is 0 Å². The maximum absolute atomic E-state index is 11.2. The Morgan fingerprint density at radius 1 is 1.12 bits per heavy atom. The molecule has 0 bridgehead atoms. The molecule has 2 N–H and O–H groups in total. The maximum Gasteiger partial charge on any atom is 0.221 e. The number of amides is 1. The molecule has 0 saturated heterocycles. The van der Waals surface area contributed by atoms with Gasteiger partial charge in [-0.25, -0.2) is 4.68 Å². The third kappa shape index (κ3) is 2.75. The zero-order chi connectivity index (χ0) is 18.4. The van der Waals surface area contributed by atoms with E-state index in [1.165, 1.54) is 23.6 Å². The molecule has 5 heteroatoms. The van der Waals surface area contributed by atoms with Crippen LogP contribution in [0, 0.1) is 20.8 Å². The standard InChI is InChI=1S/C21H22N4O/c1-12-9-13(2)20-18(10-12)19-11-14(3)24-25(19)21(23-20)16-5-7-17(8-6-16)22-15(4)26/h5-11,21,23H,1-4H3,(H,22,26)/t21-/m0/s1. The topological polar surface area (TPSA) is 59.0 Å². The van der Waals surface area contributed by atoms with Gasteiger partial charge in [-0.2, -0.15) is 5.10 Å². The van der Waals surface area contributed by atoms with Gasteiger partial charge in [-0.1, -0.05) is 23.8 Å². The van der Waals surface area contributed by atoms with Crippen LogP contribution in [0.4, 0.5) is 11.4 Å². The van der Waals surface area contributed by atoms with E-state index in [4.69, 9.17) is 5.10 Å². The third-order valence-corrected chi connectivity index (χ3v) is 4.69. The van der Waals surface area contributed by atoms with E-state index >= 15 is 0 Å². The van der Waals surface area contributed by atoms with E-state index in [-0.39, 0.29) is 12.1 Å². The van der Waals surface area contributed by atoms with E-state index in [1.54, 1.807) is 0 Å². The molecule has 1 atom stereocenters. The fourth-order valence-electron chi connectivity index (χ4n) is 3.65. The first-order valence-corrected chi connectivity index (χ1v) is 8.74. The molecule has 0 radical (unpaired) electrons. The number of fused-ring (bicyclic) bond motifs is 3. The predicted octanol–water partition coefficient (Wildman–Crippen LogP) is 4.41. The van der Waals surface area contributed by atoms with Crippen molar-refractivity contribution in [3.05, 3.63) is 64.8 Å². The Bertz CT molecular complexity index is 1000. The zero-order valence-corrected chi connectivity index (χ0v) is 15.4. The van der Waals surface area contributed by atoms with Gasteiger partial charge in [-0.15, -0.1) is 0 Å². The highest BCUT2D eigenvalue weighted by molar-refractivity contribution is 5.88. The highest BCUT2D eigenvalue weighted by Crippen LogP contribution is 2.41. The van der Waals surface area contributed by atoms with Crippen molar-refractivity contribution in [2.24, 2.45) is 0 Å². The van der Waals surface area contributed by atoms with Crippen LogP contribution >= 0.6 is 0 Å². The first kappa shape index (κ1) is 16.4. The van der Waals surface area contributed by atoms with Crippen LogP contribution in [0.2, 0.25) is 0 Å². The lowest BCUT2D eigenvalue weighted by atomic mass is 9.98. The molecule has 0 saturated carbocycles. The summed E-state index contributed by atoms with van der Waals surface area (Å²) in [6.45, 7) is 7.78. The second-order valence-corrected chi connectivity index (χ2v) is 6.97. The first-order chi connectivity index (χ1) is 12.4. The number of nitrogens with zero attached hydrogens (tertiary/aromatic N) is 2. The SMILES string of the molecule is CC(=O)Nc1ccc([C@H]2Nc3c(C)cc(C)cc3-c3cc(C)nn32)cc1. The van der Waals surface area contributed by atoms with Crippen molar-refractivity contribution in [1.82, 2.24) is 9.78 Å². The first-order valence-electron chi connectivity index (χ1n) is 8.74. The number of hydrogen-bond acceptors (Lipinski definition) is 3. The monoisotopic (exact) mass is 346 g/mol. The fourth-order valence-corrected chi connectivity index (χ4v) is 3.65. The molecule has 3 aromatic rings. The van der Waals surface area contributed by atoms with Crippen molar-refractivity contribution in [2.75, 3.05) is 10.6 Å². The molecule has 1 aliphatic heterocycles. The Labute approximate surface area is 153 Å². The van der Waals surface area contributed by atoms with Crippen LogP contribution in [0.3, 0.4) is 0 Å². The zero-order valence-electron chi connectivity index (χ0n) is 15.4. The largest absolute Gasteiger partial charge is 0.359 e. The lowest BCUT2D eigenvalue weighted by Gasteiger charge is -2.31. The summed E-state index contributed by atoms with van der Waals surface area (Å²) < 4.78 is 2.05. The molecule has 4 rings (SSSR count). The van der Waals surface area contributed by atoms with Gasteiger partial charge in [0.25, 0.3) is 0 Å². The molecule has 1 amide bonds. The molecule has 2 heterocycles. The van der Waals surface area contributed by atoms with E-state index in [2.05, 4.69) is 42.7 Å². The van der Waals surface area contributed by atoms with E-state index in [9.17, 15) is 4.79 Å². The average molecular weight is 346 g/mol. The van der Waals surface area contributed by atoms with Crippen molar-refractivity contribution in [3.63, 3.8) is 0 Å². The lowest BCUT2D eigenvalue weighted by Crippen LogP contribution is -2.26. The second-order valence-electron chi connectivity index (χ2n) is 6.97. The smallest absolute Gasteiger partial charge is 0.221 e. The molecule has 26 heavy (non-hydrogen) atoms. The Kier molecular flexibility index (Phi) is 3.80. The molecule has 0 aliphatic carbocycles. The van der Waals surface area contributed by atoms with Gasteiger partial charge in [0.05, 0.1) is 11.4 Å². The Balaban J connectivity index is 1.80. The molecule has 1 aliphatic rings. The highest BCUT2D eigenvalue weighted by atomic mass is 16.1. The number of aromatic nitrogens is 2. The van der Waals surface area contributed by atoms with Gasteiger partial charge in [-0.05, 0) is 56.2 Å². The molecule has 0 fully saturated rings. The van der Waals surface area contributed by atoms with Gasteiger partial charge in [0, 0.05) is 23.9 Å². The van der Waals surface area contributed by atoms with Crippen molar-refractivity contribution in [1.29, 1.82) is 0 Å². The minimum absolute atomic E-state index is 0.0709. The molecule has 132 valence electrons. The van der Waals surface area contributed by atoms with Gasteiger partial charge in [0.2, 0.25) is 5.91 Å². The van der Waals surface area contributed by atoms with Gasteiger partial charge < -0.3 is 10.6 Å². The summed E-state index contributed by atoms with van der Waals surface area (Å²) in [4.78, 5) is 11.2. The van der Waals surface area contributed by atoms with Crippen LogP contribution in [-0.2, 0) is 4.79 Å². The summed E-state index contributed by atoms with van der Waals surface area (Å²) in [7, 11) is 0. The van der Waals surface area contributed by atoms with Crippen LogP contribution in [0.5, 0.6) is 0 Å². The minimum Gasteiger partial charge on any atom is -0.359 e. The number of rotatable bonds is 2. The van der Waals surface area contributed by atoms with Gasteiger partial charge >= 0.3 is 0 Å². The van der Waals surface area contributed by atoms with Gasteiger partial charge in [0.1, 0.15) is 6.17 Å². The Morgan fingerprint density at radius 3 is 2.54 bits per heavy atom. The summed E-state index contributed by atoms with van der Waals surface area (Å²) in [5, 5.41) is 11.2. The predicted molar refractivity (Wildman–Crippen MR) is 104 cm³/mol. The van der Waals surface area contributed by atoms with Crippen LogP contribution in [0.1, 0.15) is 35.5 Å². The second kappa shape index (κ2) is 6.02. The minimum atomic E-state index is -0.0843. The molecule has 0 unspecified atom stereocenters. The summed E-state index contributed by atoms with van der Waals surface area (Å²) in [5.41, 5.74) is 8.81. The third-order valence-electron chi connectivity index (χ3n) is 4.69. The number of hydrogen-bond donors (Lipinski definition) is 2. The quantitative estimate of drug-likeness (QED) is 0.723. The molecular formula is C21H22N4O. The number of benzene rings is 2. The van der Waals surface area contributed by atoms with Gasteiger partial charge in [-0.3, -0.25) is 4.79 Å². The Morgan fingerprint density at radius 2 is 1.85 bits per heavy atom. The summed E-state index contributed by atoms with van der Waals surface area (Å²) in [5.74, 6) is -0.0709. The number of carbonyl (C=O) groups is 1. The molecule has 2 aromatic carbocycles. The normalized spacial score (nSPS) is 15.0. The number of nitrogens with one attached hydrogen (secondary N) is 2. The van der Waals surface area contributed by atoms with Crippen LogP contribution < -0.4 is 10.6 Å². The summed E-state index contributed by atoms with van der Waals surface area (Å²) in [6.07, 6.45) is -0.0843. The number of anilines is 2. The summed E-state index contributed by atoms with van der Waals surface area (Å²) >= 11 is 0. The highest BCUT2D eigenvalue weighted by Gasteiger charge is 2.27. The van der Waals surface area contributed by atoms with Gasteiger partial charge in [0.15, 0.2) is 0 Å².